The zero-order valence-electron chi connectivity index (χ0n) is 38.5. The van der Waals surface area contributed by atoms with E-state index in [1.54, 1.807) is 54.7 Å². The van der Waals surface area contributed by atoms with Crippen molar-refractivity contribution in [3.63, 3.8) is 0 Å². The normalized spacial score (nSPS) is 12.7. The number of azo groups is 1. The molecule has 72 heavy (non-hydrogen) atoms. The molecule has 8 aromatic rings. The van der Waals surface area contributed by atoms with E-state index in [0.717, 1.165) is 56.0 Å². The Morgan fingerprint density at radius 2 is 1.26 bits per heavy atom. The molecule has 21 heteroatoms. The van der Waals surface area contributed by atoms with Gasteiger partial charge in [-0.05, 0) is 97.1 Å². The third kappa shape index (κ3) is 12.1. The van der Waals surface area contributed by atoms with Gasteiger partial charge in [0.2, 0.25) is 5.95 Å². The number of hydrogen-bond acceptors (Lipinski definition) is 16. The molecule has 1 aliphatic rings. The average molecular weight is 996 g/mol. The lowest BCUT2D eigenvalue weighted by Crippen LogP contribution is -2.44. The van der Waals surface area contributed by atoms with Crippen LogP contribution in [0.4, 0.5) is 46.5 Å². The van der Waals surface area contributed by atoms with Gasteiger partial charge in [0.15, 0.2) is 23.2 Å². The Kier molecular flexibility index (Phi) is 15.9. The van der Waals surface area contributed by atoms with Crippen molar-refractivity contribution in [3.05, 3.63) is 180 Å². The zero-order chi connectivity index (χ0) is 50.7. The summed E-state index contributed by atoms with van der Waals surface area (Å²) in [6.07, 6.45) is 7.40. The number of benzene rings is 4. The van der Waals surface area contributed by atoms with Crippen molar-refractivity contribution in [2.45, 2.75) is 5.16 Å². The Bertz CT molecular complexity index is 3280. The number of anilines is 3. The Morgan fingerprint density at radius 1 is 0.667 bits per heavy atom. The number of methoxy groups -OCH3 is 2. The molecule has 1 atom stereocenters. The molecule has 1 saturated heterocycles. The van der Waals surface area contributed by atoms with Crippen LogP contribution in [0.1, 0.15) is 31.8 Å². The molecule has 1 aliphatic heterocycles. The number of ketones is 2. The highest BCUT2D eigenvalue weighted by Gasteiger charge is 2.21. The smallest absolute Gasteiger partial charge is 0.342 e. The van der Waals surface area contributed by atoms with Crippen LogP contribution >= 0.6 is 0 Å². The second-order valence-electron chi connectivity index (χ2n) is 15.5. The SMILES string of the molecule is COc1ccc(-c2ccnc(N3CCNCC3)n2)cc1C(=O)c1ccc(N=Nc2ccc(F)cc2F)nc1.COc1ccc(-c2ccnc([S+](C)[O-])n2)cc1C(=O)c1ccc(Nc2ccc(F)cc2F)nc1. The number of carbonyl (C=O) groups is 2. The summed E-state index contributed by atoms with van der Waals surface area (Å²) in [6, 6.07) is 26.0. The lowest BCUT2D eigenvalue weighted by atomic mass is 10.00. The van der Waals surface area contributed by atoms with Gasteiger partial charge in [-0.1, -0.05) is 0 Å². The van der Waals surface area contributed by atoms with Gasteiger partial charge in [0.25, 0.3) is 0 Å². The van der Waals surface area contributed by atoms with E-state index in [-0.39, 0.29) is 50.9 Å². The summed E-state index contributed by atoms with van der Waals surface area (Å²) in [7, 11) is 2.95. The summed E-state index contributed by atoms with van der Waals surface area (Å²) in [4.78, 5) is 54.4. The highest BCUT2D eigenvalue weighted by molar-refractivity contribution is 7.90. The maximum absolute atomic E-state index is 13.9. The first-order valence-electron chi connectivity index (χ1n) is 21.8. The van der Waals surface area contributed by atoms with Crippen molar-refractivity contribution in [1.82, 2.24) is 35.2 Å². The molecule has 0 spiro atoms. The van der Waals surface area contributed by atoms with Crippen LogP contribution in [0.3, 0.4) is 0 Å². The summed E-state index contributed by atoms with van der Waals surface area (Å²) >= 11 is -1.35. The minimum absolute atomic E-state index is 0.0552. The zero-order valence-corrected chi connectivity index (χ0v) is 39.3. The number of pyridine rings is 2. The summed E-state index contributed by atoms with van der Waals surface area (Å²) in [5.41, 5.74) is 3.70. The van der Waals surface area contributed by atoms with Crippen molar-refractivity contribution in [3.8, 4) is 34.0 Å². The lowest BCUT2D eigenvalue weighted by Gasteiger charge is -2.27. The number of rotatable bonds is 14. The second kappa shape index (κ2) is 22.9. The van der Waals surface area contributed by atoms with Crippen molar-refractivity contribution in [1.29, 1.82) is 0 Å². The van der Waals surface area contributed by atoms with E-state index < -0.39 is 34.4 Å². The van der Waals surface area contributed by atoms with Crippen molar-refractivity contribution < 1.29 is 41.2 Å². The first-order valence-corrected chi connectivity index (χ1v) is 23.4. The fraction of sp³-hybridized carbons (Fsp3) is 0.137. The van der Waals surface area contributed by atoms with E-state index in [2.05, 4.69) is 50.7 Å². The quantitative estimate of drug-likeness (QED) is 0.0343. The molecule has 5 heterocycles. The number of nitrogens with one attached hydrogen (secondary N) is 2. The number of nitrogens with zero attached hydrogens (tertiary/aromatic N) is 9. The molecule has 2 N–H and O–H groups in total. The minimum Gasteiger partial charge on any atom is -0.609 e. The first-order chi connectivity index (χ1) is 34.9. The average Bonchev–Trinajstić information content (AvgIpc) is 3.41. The van der Waals surface area contributed by atoms with Crippen LogP contribution in [0.25, 0.3) is 22.5 Å². The number of carbonyl (C=O) groups excluding carboxylic acids is 2. The minimum atomic E-state index is -1.35. The predicted octanol–water partition coefficient (Wildman–Crippen LogP) is 9.42. The molecule has 0 bridgehead atoms. The molecule has 1 fully saturated rings. The van der Waals surface area contributed by atoms with E-state index in [1.165, 1.54) is 69.4 Å². The van der Waals surface area contributed by atoms with Crippen LogP contribution in [0.2, 0.25) is 0 Å². The van der Waals surface area contributed by atoms with E-state index in [1.807, 2.05) is 6.07 Å². The van der Waals surface area contributed by atoms with Gasteiger partial charge >= 0.3 is 5.16 Å². The van der Waals surface area contributed by atoms with Gasteiger partial charge in [-0.15, -0.1) is 10.2 Å². The molecule has 1 unspecified atom stereocenters. The Morgan fingerprint density at radius 3 is 1.83 bits per heavy atom. The third-order valence-electron chi connectivity index (χ3n) is 10.8. The standard InChI is InChI=1S/C27H23F2N7O2.C24H18F2N4O3S/c1-38-24-6-2-17(22-8-9-31-27(33-22)36-12-10-30-11-13-36)14-20(24)26(37)18-3-7-25(32-16-18)35-34-23-5-4-19(28)15-21(23)29;1-33-21-7-3-14(19-9-10-27-24(30-19)34(2)32)11-17(21)23(31)15-4-8-22(28-13-15)29-20-6-5-16(25)12-18(20)26/h2-9,14-16,30H,10-13H2,1H3;3-13H,1-2H3,(H,28,29). The van der Waals surface area contributed by atoms with E-state index >= 15 is 0 Å². The van der Waals surface area contributed by atoms with Crippen LogP contribution in [-0.2, 0) is 11.2 Å². The number of hydrogen-bond donors (Lipinski definition) is 2. The van der Waals surface area contributed by atoms with Gasteiger partial charge in [-0.25, -0.2) is 37.5 Å². The van der Waals surface area contributed by atoms with Gasteiger partial charge in [0.05, 0.1) is 42.4 Å². The largest absolute Gasteiger partial charge is 0.609 e. The maximum atomic E-state index is 13.9. The number of halogens is 4. The van der Waals surface area contributed by atoms with E-state index in [0.29, 0.717) is 45.5 Å². The Hall–Kier alpha value is -8.53. The topological polar surface area (TPSA) is 205 Å². The maximum Gasteiger partial charge on any atom is 0.342 e. The van der Waals surface area contributed by atoms with Crippen molar-refractivity contribution >= 4 is 51.7 Å². The van der Waals surface area contributed by atoms with Crippen LogP contribution in [0.15, 0.2) is 149 Å². The van der Waals surface area contributed by atoms with Gasteiger partial charge in [-0.2, -0.15) is 9.97 Å². The Balaban J connectivity index is 0.000000194. The highest BCUT2D eigenvalue weighted by atomic mass is 32.2. The molecule has 4 aromatic carbocycles. The Labute approximate surface area is 412 Å². The number of ether oxygens (including phenoxy) is 2. The van der Waals surface area contributed by atoms with E-state index in [9.17, 15) is 31.7 Å². The third-order valence-corrected chi connectivity index (χ3v) is 11.5. The van der Waals surface area contributed by atoms with Gasteiger partial charge in [0.1, 0.15) is 46.7 Å². The molecule has 364 valence electrons. The second-order valence-corrected chi connectivity index (χ2v) is 16.8. The molecule has 9 rings (SSSR count). The first kappa shape index (κ1) is 49.9. The van der Waals surface area contributed by atoms with Crippen LogP contribution in [0, 0.1) is 23.3 Å². The number of aromatic nitrogens is 6. The molecular formula is C51H41F4N11O5S. The van der Waals surface area contributed by atoms with Crippen molar-refractivity contribution in [2.24, 2.45) is 10.2 Å². The van der Waals surface area contributed by atoms with Crippen molar-refractivity contribution in [2.75, 3.05) is 56.9 Å². The highest BCUT2D eigenvalue weighted by Crippen LogP contribution is 2.31. The summed E-state index contributed by atoms with van der Waals surface area (Å²) in [5, 5.41) is 13.9. The van der Waals surface area contributed by atoms with Crippen LogP contribution < -0.4 is 25.0 Å². The van der Waals surface area contributed by atoms with Gasteiger partial charge in [-0.3, -0.25) is 9.59 Å². The summed E-state index contributed by atoms with van der Waals surface area (Å²) in [5.74, 6) is -1.79. The lowest BCUT2D eigenvalue weighted by molar-refractivity contribution is 0.102. The van der Waals surface area contributed by atoms with Gasteiger partial charge < -0.3 is 29.6 Å². The van der Waals surface area contributed by atoms with Gasteiger partial charge in [0, 0.05) is 96.5 Å². The fourth-order valence-electron chi connectivity index (χ4n) is 7.14. The predicted molar refractivity (Wildman–Crippen MR) is 261 cm³/mol. The molecular weight excluding hydrogens is 955 g/mol. The molecule has 16 nitrogen and oxygen atoms in total. The molecule has 0 radical (unpaired) electrons. The molecule has 4 aromatic heterocycles. The monoisotopic (exact) mass is 995 g/mol. The molecule has 0 amide bonds. The summed E-state index contributed by atoms with van der Waals surface area (Å²) < 4.78 is 76.3. The fourth-order valence-corrected chi connectivity index (χ4v) is 7.58. The molecule has 0 saturated carbocycles. The summed E-state index contributed by atoms with van der Waals surface area (Å²) in [6.45, 7) is 3.37. The molecule has 0 aliphatic carbocycles. The van der Waals surface area contributed by atoms with Crippen LogP contribution in [-0.4, -0.2) is 92.7 Å². The van der Waals surface area contributed by atoms with Crippen LogP contribution in [0.5, 0.6) is 11.5 Å². The number of piperazine rings is 1. The van der Waals surface area contributed by atoms with E-state index in [4.69, 9.17) is 14.5 Å².